The summed E-state index contributed by atoms with van der Waals surface area (Å²) >= 11 is 0. The number of halogens is 1. The zero-order chi connectivity index (χ0) is 16.1. The third kappa shape index (κ3) is 3.62. The van der Waals surface area contributed by atoms with Gasteiger partial charge in [0.2, 0.25) is 0 Å². The smallest absolute Gasteiger partial charge is 0.147 e. The molecule has 0 radical (unpaired) electrons. The molecule has 4 heteroatoms. The van der Waals surface area contributed by atoms with Crippen LogP contribution >= 0.6 is 0 Å². The quantitative estimate of drug-likeness (QED) is 0.915. The zero-order valence-electron chi connectivity index (χ0n) is 13.1. The highest BCUT2D eigenvalue weighted by molar-refractivity contribution is 5.56. The van der Waals surface area contributed by atoms with Crippen molar-refractivity contribution in [2.24, 2.45) is 0 Å². The van der Waals surface area contributed by atoms with Crippen LogP contribution in [0.4, 0.5) is 15.8 Å². The standard InChI is InChI=1S/C19H20FN3/c20-17-12-15(13-21)8-9-18(17)22-14-16-6-2-3-7-19(16)23-10-4-1-5-11-23/h2-3,6-9,12,22H,1,4-5,10-11,14H2. The Balaban J connectivity index is 1.74. The third-order valence-electron chi connectivity index (χ3n) is 4.26. The van der Waals surface area contributed by atoms with Gasteiger partial charge in [-0.3, -0.25) is 0 Å². The van der Waals surface area contributed by atoms with Gasteiger partial charge in [-0.2, -0.15) is 5.26 Å². The van der Waals surface area contributed by atoms with Crippen molar-refractivity contribution >= 4 is 11.4 Å². The third-order valence-corrected chi connectivity index (χ3v) is 4.26. The minimum absolute atomic E-state index is 0.335. The van der Waals surface area contributed by atoms with Gasteiger partial charge in [-0.05, 0) is 49.1 Å². The summed E-state index contributed by atoms with van der Waals surface area (Å²) in [5.41, 5.74) is 3.16. The van der Waals surface area contributed by atoms with Gasteiger partial charge < -0.3 is 10.2 Å². The molecule has 2 aromatic carbocycles. The number of hydrogen-bond acceptors (Lipinski definition) is 3. The maximum atomic E-state index is 14.0. The minimum atomic E-state index is -0.389. The van der Waals surface area contributed by atoms with Crippen LogP contribution in [-0.4, -0.2) is 13.1 Å². The van der Waals surface area contributed by atoms with Crippen LogP contribution in [-0.2, 0) is 6.54 Å². The van der Waals surface area contributed by atoms with Gasteiger partial charge in [-0.15, -0.1) is 0 Å². The zero-order valence-corrected chi connectivity index (χ0v) is 13.1. The molecule has 3 nitrogen and oxygen atoms in total. The molecule has 0 spiro atoms. The first-order chi connectivity index (χ1) is 11.3. The molecule has 1 N–H and O–H groups in total. The summed E-state index contributed by atoms with van der Waals surface area (Å²) in [5.74, 6) is -0.389. The molecule has 1 saturated heterocycles. The number of nitrogens with zero attached hydrogens (tertiary/aromatic N) is 2. The van der Waals surface area contributed by atoms with E-state index in [4.69, 9.17) is 5.26 Å². The van der Waals surface area contributed by atoms with E-state index < -0.39 is 0 Å². The number of piperidine rings is 1. The van der Waals surface area contributed by atoms with E-state index in [0.717, 1.165) is 18.7 Å². The van der Waals surface area contributed by atoms with E-state index in [-0.39, 0.29) is 5.82 Å². The molecule has 0 unspecified atom stereocenters. The lowest BCUT2D eigenvalue weighted by Crippen LogP contribution is -2.30. The number of hydrogen-bond donors (Lipinski definition) is 1. The van der Waals surface area contributed by atoms with Gasteiger partial charge in [0.15, 0.2) is 0 Å². The molecule has 1 aliphatic rings. The summed E-state index contributed by atoms with van der Waals surface area (Å²) < 4.78 is 14.0. The van der Waals surface area contributed by atoms with Crippen molar-refractivity contribution in [1.29, 1.82) is 5.26 Å². The molecule has 1 aliphatic heterocycles. The molecule has 0 aromatic heterocycles. The van der Waals surface area contributed by atoms with Crippen LogP contribution < -0.4 is 10.2 Å². The average molecular weight is 309 g/mol. The minimum Gasteiger partial charge on any atom is -0.379 e. The molecule has 0 atom stereocenters. The Hall–Kier alpha value is -2.54. The van der Waals surface area contributed by atoms with Crippen LogP contribution in [0.5, 0.6) is 0 Å². The van der Waals surface area contributed by atoms with Gasteiger partial charge in [0, 0.05) is 25.3 Å². The van der Waals surface area contributed by atoms with E-state index in [1.807, 2.05) is 12.1 Å². The van der Waals surface area contributed by atoms with Crippen molar-refractivity contribution < 1.29 is 4.39 Å². The Bertz CT molecular complexity index is 715. The summed E-state index contributed by atoms with van der Waals surface area (Å²) in [4.78, 5) is 2.41. The molecule has 0 aliphatic carbocycles. The average Bonchev–Trinajstić information content (AvgIpc) is 2.61. The van der Waals surface area contributed by atoms with Crippen LogP contribution in [0.15, 0.2) is 42.5 Å². The van der Waals surface area contributed by atoms with Crippen molar-refractivity contribution in [3.05, 3.63) is 59.4 Å². The molecule has 3 rings (SSSR count). The molecular formula is C19H20FN3. The monoisotopic (exact) mass is 309 g/mol. The Labute approximate surface area is 136 Å². The number of nitriles is 1. The molecule has 0 bridgehead atoms. The molecule has 0 saturated carbocycles. The SMILES string of the molecule is N#Cc1ccc(NCc2ccccc2N2CCCCC2)c(F)c1. The lowest BCUT2D eigenvalue weighted by molar-refractivity contribution is 0.576. The molecule has 23 heavy (non-hydrogen) atoms. The summed E-state index contributed by atoms with van der Waals surface area (Å²) in [6, 6.07) is 14.7. The Morgan fingerprint density at radius 2 is 1.87 bits per heavy atom. The summed E-state index contributed by atoms with van der Waals surface area (Å²) in [7, 11) is 0. The molecular weight excluding hydrogens is 289 g/mol. The van der Waals surface area contributed by atoms with Crippen molar-refractivity contribution in [1.82, 2.24) is 0 Å². The largest absolute Gasteiger partial charge is 0.379 e. The maximum Gasteiger partial charge on any atom is 0.147 e. The van der Waals surface area contributed by atoms with E-state index in [2.05, 4.69) is 28.4 Å². The fraction of sp³-hybridized carbons (Fsp3) is 0.316. The summed E-state index contributed by atoms with van der Waals surface area (Å²) in [6.07, 6.45) is 3.76. The van der Waals surface area contributed by atoms with Crippen molar-refractivity contribution in [3.63, 3.8) is 0 Å². The number of anilines is 2. The highest BCUT2D eigenvalue weighted by Crippen LogP contribution is 2.25. The highest BCUT2D eigenvalue weighted by atomic mass is 19.1. The number of rotatable bonds is 4. The first kappa shape index (κ1) is 15.4. The second-order valence-corrected chi connectivity index (χ2v) is 5.84. The molecule has 1 heterocycles. The Morgan fingerprint density at radius 1 is 1.09 bits per heavy atom. The number of nitrogens with one attached hydrogen (secondary N) is 1. The van der Waals surface area contributed by atoms with E-state index in [1.165, 1.54) is 31.0 Å². The van der Waals surface area contributed by atoms with Gasteiger partial charge in [-0.1, -0.05) is 18.2 Å². The predicted octanol–water partition coefficient (Wildman–Crippen LogP) is 4.30. The second kappa shape index (κ2) is 7.15. The van der Waals surface area contributed by atoms with Gasteiger partial charge in [0.25, 0.3) is 0 Å². The van der Waals surface area contributed by atoms with Crippen LogP contribution in [0.2, 0.25) is 0 Å². The van der Waals surface area contributed by atoms with Crippen LogP contribution in [0.3, 0.4) is 0 Å². The fourth-order valence-corrected chi connectivity index (χ4v) is 3.02. The highest BCUT2D eigenvalue weighted by Gasteiger charge is 2.14. The van der Waals surface area contributed by atoms with E-state index in [1.54, 1.807) is 12.1 Å². The predicted molar refractivity (Wildman–Crippen MR) is 90.9 cm³/mol. The van der Waals surface area contributed by atoms with Crippen LogP contribution in [0.1, 0.15) is 30.4 Å². The number of para-hydroxylation sites is 1. The maximum absolute atomic E-state index is 14.0. The summed E-state index contributed by atoms with van der Waals surface area (Å²) in [6.45, 7) is 2.74. The lowest BCUT2D eigenvalue weighted by atomic mass is 10.1. The molecule has 2 aromatic rings. The van der Waals surface area contributed by atoms with Gasteiger partial charge in [0.05, 0.1) is 17.3 Å². The normalized spacial score (nSPS) is 14.3. The first-order valence-electron chi connectivity index (χ1n) is 8.04. The molecule has 1 fully saturated rings. The molecule has 118 valence electrons. The lowest BCUT2D eigenvalue weighted by Gasteiger charge is -2.30. The van der Waals surface area contributed by atoms with Gasteiger partial charge in [0.1, 0.15) is 5.82 Å². The second-order valence-electron chi connectivity index (χ2n) is 5.84. The van der Waals surface area contributed by atoms with Gasteiger partial charge >= 0.3 is 0 Å². The van der Waals surface area contributed by atoms with Crippen molar-refractivity contribution in [3.8, 4) is 6.07 Å². The topological polar surface area (TPSA) is 39.1 Å². The van der Waals surface area contributed by atoms with Crippen LogP contribution in [0.25, 0.3) is 0 Å². The Kier molecular flexibility index (Phi) is 4.77. The van der Waals surface area contributed by atoms with Gasteiger partial charge in [-0.25, -0.2) is 4.39 Å². The summed E-state index contributed by atoms with van der Waals surface area (Å²) in [5, 5.41) is 11.9. The Morgan fingerprint density at radius 3 is 2.61 bits per heavy atom. The van der Waals surface area contributed by atoms with Crippen LogP contribution in [0, 0.1) is 17.1 Å². The van der Waals surface area contributed by atoms with Crippen molar-refractivity contribution in [2.45, 2.75) is 25.8 Å². The number of benzene rings is 2. The van der Waals surface area contributed by atoms with E-state index in [0.29, 0.717) is 17.8 Å². The fourth-order valence-electron chi connectivity index (χ4n) is 3.02. The van der Waals surface area contributed by atoms with E-state index >= 15 is 0 Å². The van der Waals surface area contributed by atoms with Crippen molar-refractivity contribution in [2.75, 3.05) is 23.3 Å². The molecule has 0 amide bonds. The first-order valence-corrected chi connectivity index (χ1v) is 8.04. The van der Waals surface area contributed by atoms with E-state index in [9.17, 15) is 4.39 Å².